The number of benzene rings is 1. The molecule has 0 aliphatic carbocycles. The highest BCUT2D eigenvalue weighted by Crippen LogP contribution is 2.53. The molecule has 0 spiro atoms. The van der Waals surface area contributed by atoms with Crippen molar-refractivity contribution in [3.63, 3.8) is 0 Å². The van der Waals surface area contributed by atoms with Crippen LogP contribution in [-0.2, 0) is 13.6 Å². The Bertz CT molecular complexity index is 378. The fourth-order valence-corrected chi connectivity index (χ4v) is 1.87. The molecule has 0 aromatic heterocycles. The number of rotatable bonds is 4. The second-order valence-corrected chi connectivity index (χ2v) is 4.96. The van der Waals surface area contributed by atoms with Gasteiger partial charge in [-0.1, -0.05) is 30.3 Å². The third-order valence-corrected chi connectivity index (χ3v) is 3.51. The van der Waals surface area contributed by atoms with Gasteiger partial charge in [0.15, 0.2) is 0 Å². The van der Waals surface area contributed by atoms with Gasteiger partial charge in [-0.2, -0.15) is 0 Å². The van der Waals surface area contributed by atoms with Gasteiger partial charge in [0.05, 0.1) is 0 Å². The fourth-order valence-electron chi connectivity index (χ4n) is 1.04. The van der Waals surface area contributed by atoms with Gasteiger partial charge in [0, 0.05) is 14.2 Å². The van der Waals surface area contributed by atoms with E-state index in [4.69, 9.17) is 0 Å². The zero-order chi connectivity index (χ0) is 11.3. The largest absolute Gasteiger partial charge is 0.501 e. The Hall–Kier alpha value is -1.09. The zero-order valence-corrected chi connectivity index (χ0v) is 9.48. The summed E-state index contributed by atoms with van der Waals surface area (Å²) in [6, 6.07) is 9.01. The monoisotopic (exact) mass is 228 g/mol. The summed E-state index contributed by atoms with van der Waals surface area (Å²) in [5.74, 6) is 0. The van der Waals surface area contributed by atoms with Crippen molar-refractivity contribution in [2.75, 3.05) is 14.2 Å². The van der Waals surface area contributed by atoms with Gasteiger partial charge in [-0.15, -0.1) is 0 Å². The van der Waals surface area contributed by atoms with Crippen molar-refractivity contribution in [2.24, 2.45) is 0 Å². The van der Waals surface area contributed by atoms with Crippen LogP contribution in [0.15, 0.2) is 35.8 Å². The van der Waals surface area contributed by atoms with Crippen molar-refractivity contribution in [1.29, 1.82) is 0 Å². The summed E-state index contributed by atoms with van der Waals surface area (Å²) in [6.45, 7) is 0. The van der Waals surface area contributed by atoms with Crippen LogP contribution in [0.3, 0.4) is 0 Å². The van der Waals surface area contributed by atoms with Crippen LogP contribution in [0.25, 0.3) is 6.08 Å². The molecule has 0 saturated heterocycles. The van der Waals surface area contributed by atoms with Crippen molar-refractivity contribution in [2.45, 2.75) is 0 Å². The van der Waals surface area contributed by atoms with Gasteiger partial charge in [0.1, 0.15) is 0 Å². The van der Waals surface area contributed by atoms with Gasteiger partial charge in [-0.05, 0) is 11.6 Å². The summed E-state index contributed by atoms with van der Waals surface area (Å²) in [6.07, 6.45) is 1.35. The Morgan fingerprint density at radius 2 is 1.80 bits per heavy atom. The lowest BCUT2D eigenvalue weighted by molar-refractivity contribution is 0.262. The van der Waals surface area contributed by atoms with E-state index < -0.39 is 13.1 Å². The molecule has 0 heterocycles. The van der Waals surface area contributed by atoms with E-state index in [1.165, 1.54) is 20.3 Å². The Morgan fingerprint density at radius 3 is 2.27 bits per heavy atom. The lowest BCUT2D eigenvalue weighted by Crippen LogP contribution is -1.92. The number of hydrogen-bond acceptors (Lipinski definition) is 4. The molecule has 0 unspecified atom stereocenters. The molecule has 5 heteroatoms. The van der Waals surface area contributed by atoms with Gasteiger partial charge in [-0.3, -0.25) is 4.57 Å². The van der Waals surface area contributed by atoms with Gasteiger partial charge < -0.3 is 14.2 Å². The smallest absolute Gasteiger partial charge is 0.394 e. The third kappa shape index (κ3) is 2.93. The maximum atomic E-state index is 11.7. The maximum Gasteiger partial charge on any atom is 0.394 e. The summed E-state index contributed by atoms with van der Waals surface area (Å²) in [5, 5.41) is 9.57. The van der Waals surface area contributed by atoms with Crippen molar-refractivity contribution < 1.29 is 18.7 Å². The van der Waals surface area contributed by atoms with Crippen LogP contribution in [0.1, 0.15) is 5.56 Å². The molecule has 0 aliphatic rings. The predicted octanol–water partition coefficient (Wildman–Crippen LogP) is 3.03. The molecular formula is C10H13O4P. The highest BCUT2D eigenvalue weighted by molar-refractivity contribution is 7.58. The van der Waals surface area contributed by atoms with E-state index in [1.807, 2.05) is 18.2 Å². The molecule has 82 valence electrons. The van der Waals surface area contributed by atoms with E-state index in [1.54, 1.807) is 12.1 Å². The third-order valence-electron chi connectivity index (χ3n) is 1.86. The topological polar surface area (TPSA) is 55.8 Å². The van der Waals surface area contributed by atoms with Crippen LogP contribution in [-0.4, -0.2) is 19.3 Å². The number of hydrogen-bond donors (Lipinski definition) is 1. The van der Waals surface area contributed by atoms with E-state index >= 15 is 0 Å². The van der Waals surface area contributed by atoms with E-state index in [9.17, 15) is 9.67 Å². The molecule has 0 bridgehead atoms. The first-order chi connectivity index (χ1) is 7.12. The average molecular weight is 228 g/mol. The first-order valence-corrected chi connectivity index (χ1v) is 5.84. The standard InChI is InChI=1S/C10H13O4P/c1-13-15(12,14-2)10(11)8-9-6-4-3-5-7-9/h3-8,11H,1-2H3/b10-8+. The molecule has 15 heavy (non-hydrogen) atoms. The van der Waals surface area contributed by atoms with Crippen molar-refractivity contribution in [1.82, 2.24) is 0 Å². The second-order valence-electron chi connectivity index (χ2n) is 2.78. The molecule has 1 aromatic carbocycles. The van der Waals surface area contributed by atoms with Crippen molar-refractivity contribution >= 4 is 13.7 Å². The molecular weight excluding hydrogens is 215 g/mol. The van der Waals surface area contributed by atoms with Crippen LogP contribution < -0.4 is 0 Å². The molecule has 0 fully saturated rings. The highest BCUT2D eigenvalue weighted by Gasteiger charge is 2.27. The van der Waals surface area contributed by atoms with E-state index in [0.29, 0.717) is 0 Å². The van der Waals surface area contributed by atoms with Gasteiger partial charge in [0.2, 0.25) is 5.50 Å². The quantitative estimate of drug-likeness (QED) is 0.635. The molecule has 1 N–H and O–H groups in total. The SMILES string of the molecule is COP(=O)(OC)/C(O)=C/c1ccccc1. The molecule has 0 atom stereocenters. The molecule has 1 rings (SSSR count). The second kappa shape index (κ2) is 5.12. The highest BCUT2D eigenvalue weighted by atomic mass is 31.2. The molecule has 4 nitrogen and oxygen atoms in total. The zero-order valence-electron chi connectivity index (χ0n) is 8.58. The van der Waals surface area contributed by atoms with Gasteiger partial charge in [-0.25, -0.2) is 0 Å². The summed E-state index contributed by atoms with van der Waals surface area (Å²) in [7, 11) is -1.08. The summed E-state index contributed by atoms with van der Waals surface area (Å²) in [4.78, 5) is 0. The van der Waals surface area contributed by atoms with Crippen LogP contribution in [0.4, 0.5) is 0 Å². The lowest BCUT2D eigenvalue weighted by Gasteiger charge is -2.11. The summed E-state index contributed by atoms with van der Waals surface area (Å²) < 4.78 is 21.0. The van der Waals surface area contributed by atoms with Gasteiger partial charge >= 0.3 is 7.60 Å². The number of aliphatic hydroxyl groups is 1. The average Bonchev–Trinajstić information content (AvgIpc) is 2.29. The number of aliphatic hydroxyl groups excluding tert-OH is 1. The minimum Gasteiger partial charge on any atom is -0.501 e. The summed E-state index contributed by atoms with van der Waals surface area (Å²) in [5.41, 5.74) is 0.322. The maximum absolute atomic E-state index is 11.7. The molecule has 0 radical (unpaired) electrons. The van der Waals surface area contributed by atoms with Crippen LogP contribution in [0.2, 0.25) is 0 Å². The van der Waals surface area contributed by atoms with Crippen molar-refractivity contribution in [3.05, 3.63) is 41.4 Å². The van der Waals surface area contributed by atoms with Crippen molar-refractivity contribution in [3.8, 4) is 0 Å². The Morgan fingerprint density at radius 1 is 1.27 bits per heavy atom. The molecule has 0 saturated carbocycles. The summed E-state index contributed by atoms with van der Waals surface area (Å²) >= 11 is 0. The van der Waals surface area contributed by atoms with E-state index in [2.05, 4.69) is 9.05 Å². The van der Waals surface area contributed by atoms with Gasteiger partial charge in [0.25, 0.3) is 0 Å². The minimum atomic E-state index is -3.52. The fraction of sp³-hybridized carbons (Fsp3) is 0.200. The predicted molar refractivity (Wildman–Crippen MR) is 58.7 cm³/mol. The van der Waals surface area contributed by atoms with Crippen LogP contribution in [0.5, 0.6) is 0 Å². The molecule has 1 aromatic rings. The van der Waals surface area contributed by atoms with E-state index in [0.717, 1.165) is 5.56 Å². The van der Waals surface area contributed by atoms with Crippen LogP contribution in [0, 0.1) is 0 Å². The normalized spacial score (nSPS) is 12.8. The Kier molecular flexibility index (Phi) is 4.09. The first kappa shape index (κ1) is 12.0. The Labute approximate surface area is 88.7 Å². The molecule has 0 amide bonds. The lowest BCUT2D eigenvalue weighted by atomic mass is 10.2. The minimum absolute atomic E-state index is 0.404. The first-order valence-electron chi connectivity index (χ1n) is 4.30. The van der Waals surface area contributed by atoms with E-state index in [-0.39, 0.29) is 0 Å². The molecule has 0 aliphatic heterocycles. The van der Waals surface area contributed by atoms with Crippen LogP contribution >= 0.6 is 7.60 Å². The Balaban J connectivity index is 2.99.